The fourth-order valence-electron chi connectivity index (χ4n) is 10.3. The molecule has 230 valence electrons. The molecule has 0 bridgehead atoms. The molecule has 4 heteroatoms. The lowest BCUT2D eigenvalue weighted by Crippen LogP contribution is -2.57. The standard InChI is InChI=1S/C38H54O4/c1-24-17-21-38(34(40)41)23-22-37(7)31(32(38)26(24)3)10-9-19-36(37,6)20-18-29-25(2)11-16-30(35(29,4)5)27-12-14-28(15-13-27)33(39)42-8/h10,12-16,24-26,29,32H,9,11,17-23H2,1-8H3,(H,40,41). The van der Waals surface area contributed by atoms with Gasteiger partial charge in [0.1, 0.15) is 0 Å². The SMILES string of the molecule is COC(=O)c1ccc(C2=CCC(C)C(CCC3(C)CCC=C4C5C(C)C(C)CCC5(C(=O)O)CCC43C)C2(C)C)cc1. The van der Waals surface area contributed by atoms with Crippen LogP contribution in [0.15, 0.2) is 42.0 Å². The minimum atomic E-state index is -0.585. The zero-order valence-electron chi connectivity index (χ0n) is 27.4. The first-order valence-electron chi connectivity index (χ1n) is 16.6. The van der Waals surface area contributed by atoms with Crippen LogP contribution in [0.3, 0.4) is 0 Å². The van der Waals surface area contributed by atoms with Gasteiger partial charge in [0.25, 0.3) is 0 Å². The number of carbonyl (C=O) groups excluding carboxylic acids is 1. The predicted molar refractivity (Wildman–Crippen MR) is 170 cm³/mol. The van der Waals surface area contributed by atoms with Crippen LogP contribution in [0, 0.1) is 51.2 Å². The maximum atomic E-state index is 12.9. The van der Waals surface area contributed by atoms with Crippen molar-refractivity contribution in [3.05, 3.63) is 53.1 Å². The second kappa shape index (κ2) is 11.0. The second-order valence-electron chi connectivity index (χ2n) is 15.7. The largest absolute Gasteiger partial charge is 0.481 e. The van der Waals surface area contributed by atoms with Crippen molar-refractivity contribution in [2.24, 2.45) is 51.2 Å². The number of hydrogen-bond acceptors (Lipinski definition) is 3. The highest BCUT2D eigenvalue weighted by atomic mass is 16.5. The Balaban J connectivity index is 1.40. The molecule has 1 aromatic carbocycles. The molecular weight excluding hydrogens is 520 g/mol. The molecule has 0 spiro atoms. The maximum Gasteiger partial charge on any atom is 0.337 e. The van der Waals surface area contributed by atoms with Gasteiger partial charge in [0.05, 0.1) is 18.1 Å². The van der Waals surface area contributed by atoms with E-state index in [2.05, 4.69) is 72.8 Å². The topological polar surface area (TPSA) is 63.6 Å². The highest BCUT2D eigenvalue weighted by Gasteiger charge is 2.63. The summed E-state index contributed by atoms with van der Waals surface area (Å²) in [6.45, 7) is 17.0. The Labute approximate surface area is 254 Å². The first kappa shape index (κ1) is 31.1. The van der Waals surface area contributed by atoms with Crippen molar-refractivity contribution in [2.75, 3.05) is 7.11 Å². The minimum absolute atomic E-state index is 0.00733. The van der Waals surface area contributed by atoms with Crippen molar-refractivity contribution in [3.8, 4) is 0 Å². The van der Waals surface area contributed by atoms with Gasteiger partial charge in [-0.05, 0) is 127 Å². The summed E-state index contributed by atoms with van der Waals surface area (Å²) in [6.07, 6.45) is 14.2. The monoisotopic (exact) mass is 574 g/mol. The Morgan fingerprint density at radius 2 is 1.62 bits per heavy atom. The number of allylic oxidation sites excluding steroid dienone is 4. The third-order valence-electron chi connectivity index (χ3n) is 13.6. The molecule has 0 aromatic heterocycles. The van der Waals surface area contributed by atoms with E-state index in [1.54, 1.807) is 0 Å². The fourth-order valence-corrected chi connectivity index (χ4v) is 10.3. The molecule has 1 aromatic rings. The molecule has 4 aliphatic carbocycles. The predicted octanol–water partition coefficient (Wildman–Crippen LogP) is 9.60. The van der Waals surface area contributed by atoms with Crippen molar-refractivity contribution >= 4 is 17.5 Å². The van der Waals surface area contributed by atoms with Crippen molar-refractivity contribution in [2.45, 2.75) is 106 Å². The number of methoxy groups -OCH3 is 1. The van der Waals surface area contributed by atoms with E-state index in [-0.39, 0.29) is 28.1 Å². The average Bonchev–Trinajstić information content (AvgIpc) is 2.95. The van der Waals surface area contributed by atoms with Gasteiger partial charge in [0, 0.05) is 0 Å². The van der Waals surface area contributed by atoms with E-state index >= 15 is 0 Å². The number of esters is 1. The van der Waals surface area contributed by atoms with Crippen LogP contribution in [0.1, 0.15) is 122 Å². The summed E-state index contributed by atoms with van der Waals surface area (Å²) in [5, 5.41) is 10.6. The summed E-state index contributed by atoms with van der Waals surface area (Å²) in [5.74, 6) is 1.41. The smallest absolute Gasteiger partial charge is 0.337 e. The molecule has 4 aliphatic rings. The Hall–Kier alpha value is -2.36. The Morgan fingerprint density at radius 1 is 0.929 bits per heavy atom. The second-order valence-corrected chi connectivity index (χ2v) is 15.7. The van der Waals surface area contributed by atoms with Gasteiger partial charge in [-0.1, -0.05) is 78.3 Å². The number of hydrogen-bond donors (Lipinski definition) is 1. The minimum Gasteiger partial charge on any atom is -0.481 e. The van der Waals surface area contributed by atoms with Crippen LogP contribution in [-0.4, -0.2) is 24.2 Å². The van der Waals surface area contributed by atoms with Gasteiger partial charge in [0.15, 0.2) is 0 Å². The number of rotatable bonds is 6. The van der Waals surface area contributed by atoms with E-state index < -0.39 is 11.4 Å². The van der Waals surface area contributed by atoms with Gasteiger partial charge in [-0.25, -0.2) is 4.79 Å². The third-order valence-corrected chi connectivity index (χ3v) is 13.6. The fraction of sp³-hybridized carbons (Fsp3) is 0.684. The summed E-state index contributed by atoms with van der Waals surface area (Å²) in [4.78, 5) is 24.9. The number of ether oxygens (including phenoxy) is 1. The van der Waals surface area contributed by atoms with Gasteiger partial charge < -0.3 is 9.84 Å². The molecule has 5 rings (SSSR count). The van der Waals surface area contributed by atoms with Crippen molar-refractivity contribution in [1.29, 1.82) is 0 Å². The van der Waals surface area contributed by atoms with E-state index in [0.29, 0.717) is 29.2 Å². The zero-order valence-corrected chi connectivity index (χ0v) is 27.4. The van der Waals surface area contributed by atoms with Crippen LogP contribution in [0.5, 0.6) is 0 Å². The Morgan fingerprint density at radius 3 is 2.26 bits per heavy atom. The first-order chi connectivity index (χ1) is 19.7. The highest BCUT2D eigenvalue weighted by molar-refractivity contribution is 5.89. The number of benzene rings is 1. The van der Waals surface area contributed by atoms with Crippen molar-refractivity contribution in [1.82, 2.24) is 0 Å². The molecule has 1 N–H and O–H groups in total. The van der Waals surface area contributed by atoms with Gasteiger partial charge in [-0.15, -0.1) is 0 Å². The molecule has 0 amide bonds. The van der Waals surface area contributed by atoms with Gasteiger partial charge in [-0.3, -0.25) is 4.79 Å². The van der Waals surface area contributed by atoms with Crippen LogP contribution in [0.25, 0.3) is 5.57 Å². The van der Waals surface area contributed by atoms with Crippen LogP contribution >= 0.6 is 0 Å². The van der Waals surface area contributed by atoms with Crippen molar-refractivity contribution in [3.63, 3.8) is 0 Å². The zero-order chi connectivity index (χ0) is 30.7. The summed E-state index contributed by atoms with van der Waals surface area (Å²) in [5.41, 5.74) is 4.28. The molecule has 0 saturated heterocycles. The average molecular weight is 575 g/mol. The number of carboxylic acid groups (broad SMARTS) is 1. The first-order valence-corrected chi connectivity index (χ1v) is 16.6. The lowest BCUT2D eigenvalue weighted by molar-refractivity contribution is -0.164. The highest BCUT2D eigenvalue weighted by Crippen LogP contribution is 2.69. The quantitative estimate of drug-likeness (QED) is 0.271. The molecule has 8 unspecified atom stereocenters. The number of fused-ring (bicyclic) bond motifs is 3. The summed E-state index contributed by atoms with van der Waals surface area (Å²) >= 11 is 0. The number of carboxylic acids is 1. The van der Waals surface area contributed by atoms with E-state index in [0.717, 1.165) is 38.5 Å². The van der Waals surface area contributed by atoms with E-state index in [1.807, 2.05) is 12.1 Å². The molecule has 8 atom stereocenters. The van der Waals surface area contributed by atoms with Crippen LogP contribution in [0.4, 0.5) is 0 Å². The van der Waals surface area contributed by atoms with E-state index in [1.165, 1.54) is 43.1 Å². The Bertz CT molecular complexity index is 1270. The van der Waals surface area contributed by atoms with E-state index in [4.69, 9.17) is 4.74 Å². The third kappa shape index (κ3) is 4.70. The lowest BCUT2D eigenvalue weighted by Gasteiger charge is -2.63. The molecule has 0 radical (unpaired) electrons. The summed E-state index contributed by atoms with van der Waals surface area (Å²) in [7, 11) is 1.42. The maximum absolute atomic E-state index is 12.9. The van der Waals surface area contributed by atoms with Gasteiger partial charge in [-0.2, -0.15) is 0 Å². The molecule has 0 heterocycles. The van der Waals surface area contributed by atoms with Crippen LogP contribution < -0.4 is 0 Å². The normalized spacial score (nSPS) is 39.3. The number of aliphatic carboxylic acids is 1. The molecule has 4 nitrogen and oxygen atoms in total. The van der Waals surface area contributed by atoms with Gasteiger partial charge >= 0.3 is 11.9 Å². The lowest BCUT2D eigenvalue weighted by atomic mass is 9.41. The van der Waals surface area contributed by atoms with E-state index in [9.17, 15) is 14.7 Å². The Kier molecular flexibility index (Phi) is 8.12. The van der Waals surface area contributed by atoms with Crippen LogP contribution in [0.2, 0.25) is 0 Å². The molecule has 42 heavy (non-hydrogen) atoms. The molecular formula is C38H54O4. The summed E-state index contributed by atoms with van der Waals surface area (Å²) in [6, 6.07) is 7.93. The van der Waals surface area contributed by atoms with Crippen LogP contribution in [-0.2, 0) is 9.53 Å². The molecule has 0 aliphatic heterocycles. The number of carbonyl (C=O) groups is 2. The van der Waals surface area contributed by atoms with Crippen molar-refractivity contribution < 1.29 is 19.4 Å². The molecule has 2 saturated carbocycles. The molecule has 2 fully saturated rings. The van der Waals surface area contributed by atoms with Gasteiger partial charge in [0.2, 0.25) is 0 Å². The summed E-state index contributed by atoms with van der Waals surface area (Å²) < 4.78 is 4.91.